The molecule has 2 nitrogen and oxygen atoms in total. The molecule has 1 atom stereocenters. The van der Waals surface area contributed by atoms with Crippen molar-refractivity contribution in [1.82, 2.24) is 0 Å². The summed E-state index contributed by atoms with van der Waals surface area (Å²) < 4.78 is 27.1. The summed E-state index contributed by atoms with van der Waals surface area (Å²) in [5.74, 6) is -1.15. The number of hydrogen-bond acceptors (Lipinski definition) is 2. The molecule has 21 heavy (non-hydrogen) atoms. The van der Waals surface area contributed by atoms with Gasteiger partial charge in [0.1, 0.15) is 11.6 Å². The molecule has 0 bridgehead atoms. The predicted molar refractivity (Wildman–Crippen MR) is 82.5 cm³/mol. The van der Waals surface area contributed by atoms with Gasteiger partial charge in [-0.15, -0.1) is 0 Å². The first kappa shape index (κ1) is 15.4. The zero-order valence-corrected chi connectivity index (χ0v) is 12.5. The van der Waals surface area contributed by atoms with Crippen molar-refractivity contribution in [2.75, 3.05) is 18.5 Å². The van der Waals surface area contributed by atoms with Crippen molar-refractivity contribution >= 4 is 5.69 Å². The normalized spacial score (nSPS) is 12.3. The lowest BCUT2D eigenvalue weighted by atomic mass is 10.0. The lowest BCUT2D eigenvalue weighted by molar-refractivity contribution is 0.549. The Labute approximate surface area is 124 Å². The smallest absolute Gasteiger partial charge is 0.131 e. The van der Waals surface area contributed by atoms with Gasteiger partial charge >= 0.3 is 0 Å². The average molecular weight is 290 g/mol. The van der Waals surface area contributed by atoms with Crippen molar-refractivity contribution in [3.8, 4) is 0 Å². The number of benzene rings is 2. The van der Waals surface area contributed by atoms with E-state index in [4.69, 9.17) is 5.73 Å². The topological polar surface area (TPSA) is 29.3 Å². The second-order valence-corrected chi connectivity index (χ2v) is 5.37. The maximum atomic E-state index is 14.0. The molecule has 0 spiro atoms. The van der Waals surface area contributed by atoms with Crippen LogP contribution in [0.3, 0.4) is 0 Å². The summed E-state index contributed by atoms with van der Waals surface area (Å²) in [6.07, 6.45) is 0. The molecule has 0 amide bonds. The molecule has 0 saturated heterocycles. The number of likely N-dealkylation sites (N-methyl/N-ethyl adjacent to an activating group) is 1. The van der Waals surface area contributed by atoms with E-state index in [0.29, 0.717) is 5.56 Å². The van der Waals surface area contributed by atoms with Crippen LogP contribution in [0.5, 0.6) is 0 Å². The van der Waals surface area contributed by atoms with Crippen molar-refractivity contribution in [2.24, 2.45) is 5.73 Å². The first-order valence-corrected chi connectivity index (χ1v) is 6.88. The Hall–Kier alpha value is -1.94. The van der Waals surface area contributed by atoms with Crippen molar-refractivity contribution in [3.05, 3.63) is 64.7 Å². The molecule has 2 aromatic carbocycles. The molecule has 0 saturated carbocycles. The van der Waals surface area contributed by atoms with Crippen LogP contribution >= 0.6 is 0 Å². The average Bonchev–Trinajstić information content (AvgIpc) is 2.40. The minimum atomic E-state index is -0.582. The molecular formula is C17H20F2N2. The summed E-state index contributed by atoms with van der Waals surface area (Å²) in [4.78, 5) is 1.93. The number of halogens is 2. The van der Waals surface area contributed by atoms with Gasteiger partial charge in [0.05, 0.1) is 6.04 Å². The molecule has 0 aliphatic rings. The minimum absolute atomic E-state index is 0.242. The van der Waals surface area contributed by atoms with Gasteiger partial charge in [0.2, 0.25) is 0 Å². The Bertz CT molecular complexity index is 620. The van der Waals surface area contributed by atoms with Gasteiger partial charge in [-0.25, -0.2) is 8.78 Å². The van der Waals surface area contributed by atoms with Crippen LogP contribution in [0.15, 0.2) is 36.4 Å². The summed E-state index contributed by atoms with van der Waals surface area (Å²) >= 11 is 0. The molecule has 0 aliphatic carbocycles. The zero-order valence-electron chi connectivity index (χ0n) is 12.5. The largest absolute Gasteiger partial charge is 0.366 e. The first-order valence-electron chi connectivity index (χ1n) is 6.88. The van der Waals surface area contributed by atoms with Gasteiger partial charge in [0, 0.05) is 30.9 Å². The first-order chi connectivity index (χ1) is 9.92. The Morgan fingerprint density at radius 3 is 2.19 bits per heavy atom. The highest BCUT2D eigenvalue weighted by Gasteiger charge is 2.20. The van der Waals surface area contributed by atoms with Crippen molar-refractivity contribution in [3.63, 3.8) is 0 Å². The van der Waals surface area contributed by atoms with Crippen LogP contribution in [0.4, 0.5) is 14.5 Å². The maximum absolute atomic E-state index is 14.0. The predicted octanol–water partition coefficient (Wildman–Crippen LogP) is 3.72. The van der Waals surface area contributed by atoms with E-state index in [2.05, 4.69) is 6.07 Å². The van der Waals surface area contributed by atoms with E-state index in [1.165, 1.54) is 12.1 Å². The second-order valence-electron chi connectivity index (χ2n) is 5.37. The Kier molecular flexibility index (Phi) is 4.58. The van der Waals surface area contributed by atoms with Crippen LogP contribution in [0, 0.1) is 25.5 Å². The van der Waals surface area contributed by atoms with Crippen LogP contribution in [0.2, 0.25) is 0 Å². The number of nitrogens with two attached hydrogens (primary N) is 1. The van der Waals surface area contributed by atoms with E-state index in [9.17, 15) is 8.78 Å². The highest BCUT2D eigenvalue weighted by molar-refractivity contribution is 5.52. The third-order valence-electron chi connectivity index (χ3n) is 3.63. The molecule has 1 unspecified atom stereocenters. The highest BCUT2D eigenvalue weighted by Crippen LogP contribution is 2.28. The van der Waals surface area contributed by atoms with Gasteiger partial charge in [-0.1, -0.05) is 12.1 Å². The van der Waals surface area contributed by atoms with Gasteiger partial charge < -0.3 is 10.6 Å². The molecule has 0 aliphatic heterocycles. The van der Waals surface area contributed by atoms with Gasteiger partial charge in [-0.3, -0.25) is 0 Å². The van der Waals surface area contributed by atoms with Crippen LogP contribution < -0.4 is 10.6 Å². The number of hydrogen-bond donors (Lipinski definition) is 1. The number of rotatable bonds is 4. The Morgan fingerprint density at radius 1 is 1.05 bits per heavy atom. The van der Waals surface area contributed by atoms with Crippen molar-refractivity contribution < 1.29 is 8.78 Å². The van der Waals surface area contributed by atoms with E-state index >= 15 is 0 Å². The van der Waals surface area contributed by atoms with Crippen LogP contribution in [-0.2, 0) is 0 Å². The molecule has 0 heterocycles. The van der Waals surface area contributed by atoms with Crippen LogP contribution in [-0.4, -0.2) is 13.6 Å². The van der Waals surface area contributed by atoms with Gasteiger partial charge in [0.25, 0.3) is 0 Å². The standard InChI is InChI=1S/C17H20F2N2/c1-11-6-12(2)8-14(7-11)21(3)17(10-20)15-5-4-13(18)9-16(15)19/h4-9,17H,10,20H2,1-3H3. The summed E-state index contributed by atoms with van der Waals surface area (Å²) in [7, 11) is 1.87. The molecule has 2 N–H and O–H groups in total. The summed E-state index contributed by atoms with van der Waals surface area (Å²) in [5, 5.41) is 0. The lowest BCUT2D eigenvalue weighted by Crippen LogP contribution is -2.31. The molecule has 0 radical (unpaired) electrons. The second kappa shape index (κ2) is 6.22. The number of anilines is 1. The molecule has 2 rings (SSSR count). The van der Waals surface area contributed by atoms with E-state index < -0.39 is 11.6 Å². The van der Waals surface area contributed by atoms with Gasteiger partial charge in [-0.05, 0) is 43.2 Å². The molecule has 2 aromatic rings. The Balaban J connectivity index is 2.40. The third-order valence-corrected chi connectivity index (χ3v) is 3.63. The van der Waals surface area contributed by atoms with Crippen LogP contribution in [0.1, 0.15) is 22.7 Å². The molecule has 0 aromatic heterocycles. The van der Waals surface area contributed by atoms with E-state index in [0.717, 1.165) is 22.9 Å². The van der Waals surface area contributed by atoms with E-state index in [1.807, 2.05) is 37.9 Å². The molecule has 4 heteroatoms. The SMILES string of the molecule is Cc1cc(C)cc(N(C)C(CN)c2ccc(F)cc2F)c1. The van der Waals surface area contributed by atoms with Crippen molar-refractivity contribution in [1.29, 1.82) is 0 Å². The quantitative estimate of drug-likeness (QED) is 0.930. The summed E-state index contributed by atoms with van der Waals surface area (Å²) in [6.45, 7) is 4.27. The third kappa shape index (κ3) is 3.39. The fourth-order valence-corrected chi connectivity index (χ4v) is 2.60. The summed E-state index contributed by atoms with van der Waals surface area (Å²) in [6, 6.07) is 9.40. The lowest BCUT2D eigenvalue weighted by Gasteiger charge is -2.30. The molecule has 0 fully saturated rings. The van der Waals surface area contributed by atoms with Crippen LogP contribution in [0.25, 0.3) is 0 Å². The minimum Gasteiger partial charge on any atom is -0.366 e. The van der Waals surface area contributed by atoms with Gasteiger partial charge in [-0.2, -0.15) is 0 Å². The molecule has 112 valence electrons. The highest BCUT2D eigenvalue weighted by atomic mass is 19.1. The number of aryl methyl sites for hydroxylation is 2. The summed E-state index contributed by atoms with van der Waals surface area (Å²) in [5.41, 5.74) is 9.46. The fraction of sp³-hybridized carbons (Fsp3) is 0.294. The van der Waals surface area contributed by atoms with Gasteiger partial charge in [0.15, 0.2) is 0 Å². The maximum Gasteiger partial charge on any atom is 0.131 e. The van der Waals surface area contributed by atoms with E-state index in [-0.39, 0.29) is 12.6 Å². The Morgan fingerprint density at radius 2 is 1.67 bits per heavy atom. The van der Waals surface area contributed by atoms with Crippen molar-refractivity contribution in [2.45, 2.75) is 19.9 Å². The number of nitrogens with zero attached hydrogens (tertiary/aromatic N) is 1. The fourth-order valence-electron chi connectivity index (χ4n) is 2.60. The van der Waals surface area contributed by atoms with E-state index in [1.54, 1.807) is 0 Å². The molecular weight excluding hydrogens is 270 g/mol. The monoisotopic (exact) mass is 290 g/mol. The zero-order chi connectivity index (χ0) is 15.6.